The number of hydrogen-bond donors (Lipinski definition) is 1. The minimum absolute atomic E-state index is 0.0854. The summed E-state index contributed by atoms with van der Waals surface area (Å²) in [5.41, 5.74) is 5.48. The van der Waals surface area contributed by atoms with Crippen molar-refractivity contribution in [1.82, 2.24) is 14.7 Å². The average Bonchev–Trinajstić information content (AvgIpc) is 2.73. The zero-order chi connectivity index (χ0) is 11.7. The van der Waals surface area contributed by atoms with Crippen LogP contribution in [-0.2, 0) is 11.3 Å². The van der Waals surface area contributed by atoms with Crippen LogP contribution in [-0.4, -0.2) is 34.2 Å². The Labute approximate surface area is 95.2 Å². The third kappa shape index (κ3) is 2.53. The molecule has 0 saturated heterocycles. The monoisotopic (exact) mass is 222 g/mol. The molecule has 1 aliphatic carbocycles. The molecule has 1 aromatic heterocycles. The van der Waals surface area contributed by atoms with Crippen molar-refractivity contribution in [3.63, 3.8) is 0 Å². The number of likely N-dealkylation sites (N-methyl/N-ethyl adjacent to an activating group) is 1. The second kappa shape index (κ2) is 4.15. The molecule has 1 heterocycles. The second-order valence-corrected chi connectivity index (χ2v) is 4.69. The van der Waals surface area contributed by atoms with Gasteiger partial charge in [0.15, 0.2) is 0 Å². The number of nitrogens with zero attached hydrogens (tertiary/aromatic N) is 3. The summed E-state index contributed by atoms with van der Waals surface area (Å²) >= 11 is 0. The van der Waals surface area contributed by atoms with E-state index in [0.717, 1.165) is 12.5 Å². The first kappa shape index (κ1) is 11.0. The van der Waals surface area contributed by atoms with Crippen molar-refractivity contribution in [3.8, 4) is 0 Å². The highest BCUT2D eigenvalue weighted by Crippen LogP contribution is 2.37. The number of nitrogens with two attached hydrogens (primary N) is 1. The van der Waals surface area contributed by atoms with Crippen LogP contribution in [0.25, 0.3) is 0 Å². The van der Waals surface area contributed by atoms with Crippen molar-refractivity contribution in [2.45, 2.75) is 19.9 Å². The van der Waals surface area contributed by atoms with E-state index in [1.165, 1.54) is 6.42 Å². The van der Waals surface area contributed by atoms with E-state index >= 15 is 0 Å². The average molecular weight is 222 g/mol. The number of hydrogen-bond acceptors (Lipinski definition) is 3. The molecule has 2 atom stereocenters. The number of carbonyl (C=O) groups excluding carboxylic acids is 1. The van der Waals surface area contributed by atoms with Gasteiger partial charge in [-0.05, 0) is 24.3 Å². The molecule has 2 N–H and O–H groups in total. The van der Waals surface area contributed by atoms with Crippen LogP contribution in [0.4, 0.5) is 5.82 Å². The van der Waals surface area contributed by atoms with E-state index in [4.69, 9.17) is 5.73 Å². The van der Waals surface area contributed by atoms with Gasteiger partial charge in [0.2, 0.25) is 5.91 Å². The number of rotatable bonds is 4. The molecule has 5 heteroatoms. The summed E-state index contributed by atoms with van der Waals surface area (Å²) in [5.74, 6) is 2.00. The molecular formula is C11H18N4O. The van der Waals surface area contributed by atoms with E-state index in [9.17, 15) is 4.79 Å². The zero-order valence-corrected chi connectivity index (χ0v) is 9.76. The first-order valence-electron chi connectivity index (χ1n) is 5.59. The minimum Gasteiger partial charge on any atom is -0.382 e. The Bertz CT molecular complexity index is 387. The maximum absolute atomic E-state index is 11.8. The molecule has 0 aliphatic heterocycles. The standard InChI is InChI=1S/C11H18N4O/c1-8-5-9(8)6-14(2)11(16)7-15-4-3-10(12)13-15/h3-4,8-9H,5-7H2,1-2H3,(H2,12,13). The molecule has 16 heavy (non-hydrogen) atoms. The van der Waals surface area contributed by atoms with Crippen molar-refractivity contribution in [2.24, 2.45) is 11.8 Å². The summed E-state index contributed by atoms with van der Waals surface area (Å²) in [6, 6.07) is 1.69. The van der Waals surface area contributed by atoms with Crippen LogP contribution in [0.15, 0.2) is 12.3 Å². The topological polar surface area (TPSA) is 64.2 Å². The molecule has 5 nitrogen and oxygen atoms in total. The Morgan fingerprint density at radius 1 is 1.75 bits per heavy atom. The number of carbonyl (C=O) groups is 1. The van der Waals surface area contributed by atoms with Crippen molar-refractivity contribution < 1.29 is 4.79 Å². The molecule has 0 radical (unpaired) electrons. The Morgan fingerprint density at radius 3 is 2.94 bits per heavy atom. The SMILES string of the molecule is CC1CC1CN(C)C(=O)Cn1ccc(N)n1. The van der Waals surface area contributed by atoms with Gasteiger partial charge in [0.25, 0.3) is 0 Å². The molecule has 1 aliphatic rings. The second-order valence-electron chi connectivity index (χ2n) is 4.69. The minimum atomic E-state index is 0.0854. The Hall–Kier alpha value is -1.52. The van der Waals surface area contributed by atoms with E-state index < -0.39 is 0 Å². The van der Waals surface area contributed by atoms with E-state index in [1.807, 2.05) is 7.05 Å². The van der Waals surface area contributed by atoms with E-state index in [1.54, 1.807) is 21.8 Å². The predicted octanol–water partition coefficient (Wildman–Crippen LogP) is 0.580. The van der Waals surface area contributed by atoms with Gasteiger partial charge in [0.1, 0.15) is 12.4 Å². The normalized spacial score (nSPS) is 23.1. The van der Waals surface area contributed by atoms with Crippen LogP contribution < -0.4 is 5.73 Å². The molecule has 0 bridgehead atoms. The first-order chi connectivity index (χ1) is 7.56. The molecule has 88 valence electrons. The lowest BCUT2D eigenvalue weighted by Gasteiger charge is -2.16. The van der Waals surface area contributed by atoms with Gasteiger partial charge in [-0.15, -0.1) is 0 Å². The number of aromatic nitrogens is 2. The lowest BCUT2D eigenvalue weighted by atomic mass is 10.3. The summed E-state index contributed by atoms with van der Waals surface area (Å²) in [7, 11) is 1.85. The summed E-state index contributed by atoms with van der Waals surface area (Å²) in [6.45, 7) is 3.35. The highest BCUT2D eigenvalue weighted by atomic mass is 16.2. The van der Waals surface area contributed by atoms with Crippen LogP contribution in [0.2, 0.25) is 0 Å². The van der Waals surface area contributed by atoms with Gasteiger partial charge < -0.3 is 10.6 Å². The van der Waals surface area contributed by atoms with Gasteiger partial charge in [-0.3, -0.25) is 9.48 Å². The lowest BCUT2D eigenvalue weighted by molar-refractivity contribution is -0.130. The molecule has 1 saturated carbocycles. The molecule has 1 aromatic rings. The number of anilines is 1. The van der Waals surface area contributed by atoms with E-state index in [2.05, 4.69) is 12.0 Å². The fourth-order valence-corrected chi connectivity index (χ4v) is 1.83. The summed E-state index contributed by atoms with van der Waals surface area (Å²) in [4.78, 5) is 13.6. The van der Waals surface area contributed by atoms with Crippen LogP contribution in [0.3, 0.4) is 0 Å². The predicted molar refractivity (Wildman–Crippen MR) is 61.5 cm³/mol. The Kier molecular flexibility index (Phi) is 2.85. The third-order valence-electron chi connectivity index (χ3n) is 3.17. The van der Waals surface area contributed by atoms with Gasteiger partial charge in [-0.1, -0.05) is 6.92 Å². The summed E-state index contributed by atoms with van der Waals surface area (Å²) < 4.78 is 1.57. The van der Waals surface area contributed by atoms with Gasteiger partial charge in [0.05, 0.1) is 0 Å². The van der Waals surface area contributed by atoms with E-state index in [-0.39, 0.29) is 12.5 Å². The number of amides is 1. The largest absolute Gasteiger partial charge is 0.382 e. The maximum atomic E-state index is 11.8. The summed E-state index contributed by atoms with van der Waals surface area (Å²) in [6.07, 6.45) is 2.97. The zero-order valence-electron chi connectivity index (χ0n) is 9.76. The molecular weight excluding hydrogens is 204 g/mol. The smallest absolute Gasteiger partial charge is 0.244 e. The number of nitrogen functional groups attached to an aromatic ring is 1. The van der Waals surface area contributed by atoms with Gasteiger partial charge in [-0.25, -0.2) is 0 Å². The highest BCUT2D eigenvalue weighted by molar-refractivity contribution is 5.75. The molecule has 1 amide bonds. The fourth-order valence-electron chi connectivity index (χ4n) is 1.83. The molecule has 0 spiro atoms. The van der Waals surface area contributed by atoms with Crippen molar-refractivity contribution in [3.05, 3.63) is 12.3 Å². The van der Waals surface area contributed by atoms with Crippen molar-refractivity contribution in [2.75, 3.05) is 19.3 Å². The van der Waals surface area contributed by atoms with Crippen molar-refractivity contribution >= 4 is 11.7 Å². The van der Waals surface area contributed by atoms with E-state index in [0.29, 0.717) is 11.7 Å². The van der Waals surface area contributed by atoms with Crippen LogP contribution >= 0.6 is 0 Å². The molecule has 0 aromatic carbocycles. The fraction of sp³-hybridized carbons (Fsp3) is 0.636. The van der Waals surface area contributed by atoms with Crippen molar-refractivity contribution in [1.29, 1.82) is 0 Å². The molecule has 2 rings (SSSR count). The highest BCUT2D eigenvalue weighted by Gasteiger charge is 2.34. The van der Waals surface area contributed by atoms with Gasteiger partial charge in [-0.2, -0.15) is 5.10 Å². The summed E-state index contributed by atoms with van der Waals surface area (Å²) in [5, 5.41) is 3.99. The Morgan fingerprint density at radius 2 is 2.44 bits per heavy atom. The van der Waals surface area contributed by atoms with Crippen LogP contribution in [0.1, 0.15) is 13.3 Å². The first-order valence-corrected chi connectivity index (χ1v) is 5.59. The molecule has 1 fully saturated rings. The third-order valence-corrected chi connectivity index (χ3v) is 3.17. The quantitative estimate of drug-likeness (QED) is 0.810. The van der Waals surface area contributed by atoms with Crippen LogP contribution in [0.5, 0.6) is 0 Å². The van der Waals surface area contributed by atoms with Crippen LogP contribution in [0, 0.1) is 11.8 Å². The maximum Gasteiger partial charge on any atom is 0.244 e. The molecule has 2 unspecified atom stereocenters. The van der Waals surface area contributed by atoms with Gasteiger partial charge in [0, 0.05) is 19.8 Å². The Balaban J connectivity index is 1.82. The van der Waals surface area contributed by atoms with Gasteiger partial charge >= 0.3 is 0 Å². The lowest BCUT2D eigenvalue weighted by Crippen LogP contribution is -2.32.